The van der Waals surface area contributed by atoms with Crippen LogP contribution < -0.4 is 10.1 Å². The number of aliphatic hydroxyl groups is 1. The van der Waals surface area contributed by atoms with Crippen LogP contribution in [0.2, 0.25) is 0 Å². The van der Waals surface area contributed by atoms with Gasteiger partial charge in [0.05, 0.1) is 25.9 Å². The molecule has 1 aliphatic carbocycles. The molecule has 20 heavy (non-hydrogen) atoms. The monoisotopic (exact) mass is 279 g/mol. The first-order valence-corrected chi connectivity index (χ1v) is 7.46. The van der Waals surface area contributed by atoms with E-state index in [2.05, 4.69) is 11.4 Å². The predicted octanol–water partition coefficient (Wildman–Crippen LogP) is 1.54. The fourth-order valence-corrected chi connectivity index (χ4v) is 2.97. The van der Waals surface area contributed by atoms with E-state index in [1.54, 1.807) is 7.11 Å². The molecule has 4 heteroatoms. The Kier molecular flexibility index (Phi) is 5.40. The lowest BCUT2D eigenvalue weighted by molar-refractivity contribution is -0.0844. The maximum atomic E-state index is 9.19. The summed E-state index contributed by atoms with van der Waals surface area (Å²) in [6, 6.07) is 6.55. The number of nitrogens with one attached hydrogen (secondary N) is 1. The molecule has 2 aliphatic rings. The molecule has 3 atom stereocenters. The molecule has 1 heterocycles. The number of aliphatic hydroxyl groups excluding tert-OH is 1. The molecule has 1 aliphatic heterocycles. The van der Waals surface area contributed by atoms with Crippen LogP contribution >= 0.6 is 0 Å². The van der Waals surface area contributed by atoms with Gasteiger partial charge in [-0.25, -0.2) is 0 Å². The molecule has 1 saturated heterocycles. The van der Waals surface area contributed by atoms with Crippen LogP contribution in [0.1, 0.15) is 25.0 Å². The normalized spacial score (nSPS) is 27.7. The minimum Gasteiger partial charge on any atom is -0.496 e. The zero-order chi connectivity index (χ0) is 14.5. The van der Waals surface area contributed by atoms with Crippen LogP contribution in [0, 0.1) is 0 Å². The highest BCUT2D eigenvalue weighted by Crippen LogP contribution is 2.32. The third kappa shape index (κ3) is 2.97. The quantitative estimate of drug-likeness (QED) is 0.862. The van der Waals surface area contributed by atoms with Gasteiger partial charge in [-0.05, 0) is 23.6 Å². The molecule has 0 aromatic heterocycles. The first-order chi connectivity index (χ1) is 9.81. The van der Waals surface area contributed by atoms with Crippen LogP contribution in [-0.2, 0) is 17.6 Å². The van der Waals surface area contributed by atoms with Gasteiger partial charge >= 0.3 is 0 Å². The van der Waals surface area contributed by atoms with Crippen LogP contribution in [0.25, 0.3) is 0 Å². The lowest BCUT2D eigenvalue weighted by atomic mass is 9.84. The third-order valence-corrected chi connectivity index (χ3v) is 3.92. The van der Waals surface area contributed by atoms with Gasteiger partial charge in [0, 0.05) is 19.0 Å². The maximum absolute atomic E-state index is 9.19. The fraction of sp³-hybridized carbons (Fsp3) is 0.625. The largest absolute Gasteiger partial charge is 0.496 e. The number of methoxy groups -OCH3 is 1. The molecule has 0 spiro atoms. The van der Waals surface area contributed by atoms with Gasteiger partial charge < -0.3 is 19.9 Å². The van der Waals surface area contributed by atoms with E-state index in [0.29, 0.717) is 6.04 Å². The van der Waals surface area contributed by atoms with E-state index < -0.39 is 0 Å². The molecule has 1 aromatic carbocycles. The second-order valence-electron chi connectivity index (χ2n) is 5.00. The molecule has 0 amide bonds. The number of hydrogen-bond acceptors (Lipinski definition) is 4. The Hall–Kier alpha value is -1.10. The van der Waals surface area contributed by atoms with E-state index in [0.717, 1.165) is 25.1 Å². The molecule has 1 fully saturated rings. The number of rotatable bonds is 2. The molecule has 112 valence electrons. The zero-order valence-electron chi connectivity index (χ0n) is 12.6. The van der Waals surface area contributed by atoms with Crippen LogP contribution in [0.3, 0.4) is 0 Å². The average molecular weight is 279 g/mol. The van der Waals surface area contributed by atoms with Crippen molar-refractivity contribution in [3.05, 3.63) is 29.3 Å². The van der Waals surface area contributed by atoms with Crippen molar-refractivity contribution in [1.29, 1.82) is 0 Å². The molecule has 0 radical (unpaired) electrons. The number of hydrogen-bond donors (Lipinski definition) is 2. The highest BCUT2D eigenvalue weighted by molar-refractivity contribution is 5.43. The van der Waals surface area contributed by atoms with Crippen LogP contribution in [-0.4, -0.2) is 43.6 Å². The summed E-state index contributed by atoms with van der Waals surface area (Å²) in [5.41, 5.74) is 2.59. The second kappa shape index (κ2) is 7.07. The summed E-state index contributed by atoms with van der Waals surface area (Å²) in [4.78, 5) is 0. The Balaban J connectivity index is 0.000000704. The standard InChI is InChI=1S/C14H19NO3.C2H6/c1-17-13-4-2-3-9-5-12-14(6-11(9)13)18-10(8-16)7-15-12;1-2/h2-4,10,12,14-16H,5-8H2,1H3;1-2H3/t10?,12?,14-;/m1./s1. The molecule has 0 saturated carbocycles. The second-order valence-corrected chi connectivity index (χ2v) is 5.00. The SMILES string of the molecule is CC.COc1cccc2c1C[C@H]1OC(CO)CNC1C2. The zero-order valence-corrected chi connectivity index (χ0v) is 12.6. The van der Waals surface area contributed by atoms with E-state index in [-0.39, 0.29) is 18.8 Å². The summed E-state index contributed by atoms with van der Waals surface area (Å²) in [6.45, 7) is 4.81. The smallest absolute Gasteiger partial charge is 0.122 e. The van der Waals surface area contributed by atoms with Crippen LogP contribution in [0.15, 0.2) is 18.2 Å². The number of ether oxygens (including phenoxy) is 2. The van der Waals surface area contributed by atoms with E-state index in [9.17, 15) is 5.11 Å². The van der Waals surface area contributed by atoms with Crippen molar-refractivity contribution < 1.29 is 14.6 Å². The minimum atomic E-state index is -0.0810. The highest BCUT2D eigenvalue weighted by Gasteiger charge is 2.35. The maximum Gasteiger partial charge on any atom is 0.122 e. The summed E-state index contributed by atoms with van der Waals surface area (Å²) < 4.78 is 11.3. The number of morpholine rings is 1. The predicted molar refractivity (Wildman–Crippen MR) is 79.3 cm³/mol. The van der Waals surface area contributed by atoms with E-state index in [1.807, 2.05) is 26.0 Å². The Morgan fingerprint density at radius 3 is 2.85 bits per heavy atom. The van der Waals surface area contributed by atoms with Gasteiger partial charge in [0.15, 0.2) is 0 Å². The topological polar surface area (TPSA) is 50.7 Å². The summed E-state index contributed by atoms with van der Waals surface area (Å²) >= 11 is 0. The average Bonchev–Trinajstić information content (AvgIpc) is 2.53. The fourth-order valence-electron chi connectivity index (χ4n) is 2.97. The Bertz CT molecular complexity index is 436. The number of benzene rings is 1. The number of fused-ring (bicyclic) bond motifs is 2. The summed E-state index contributed by atoms with van der Waals surface area (Å²) in [5, 5.41) is 12.7. The van der Waals surface area contributed by atoms with Gasteiger partial charge in [0.2, 0.25) is 0 Å². The molecular formula is C16H25NO3. The van der Waals surface area contributed by atoms with Crippen molar-refractivity contribution in [2.24, 2.45) is 0 Å². The summed E-state index contributed by atoms with van der Waals surface area (Å²) in [7, 11) is 1.71. The van der Waals surface area contributed by atoms with Gasteiger partial charge in [0.25, 0.3) is 0 Å². The van der Waals surface area contributed by atoms with Crippen molar-refractivity contribution in [3.8, 4) is 5.75 Å². The first-order valence-electron chi connectivity index (χ1n) is 7.46. The lowest BCUT2D eigenvalue weighted by Gasteiger charge is -2.40. The Labute approximate surface area is 121 Å². The molecule has 4 nitrogen and oxygen atoms in total. The molecule has 2 N–H and O–H groups in total. The van der Waals surface area contributed by atoms with Crippen molar-refractivity contribution in [3.63, 3.8) is 0 Å². The Morgan fingerprint density at radius 1 is 1.35 bits per heavy atom. The van der Waals surface area contributed by atoms with Gasteiger partial charge in [-0.3, -0.25) is 0 Å². The highest BCUT2D eigenvalue weighted by atomic mass is 16.5. The molecule has 3 rings (SSSR count). The van der Waals surface area contributed by atoms with Crippen molar-refractivity contribution in [1.82, 2.24) is 5.32 Å². The van der Waals surface area contributed by atoms with E-state index in [4.69, 9.17) is 9.47 Å². The van der Waals surface area contributed by atoms with Gasteiger partial charge in [-0.2, -0.15) is 0 Å². The van der Waals surface area contributed by atoms with Crippen molar-refractivity contribution in [2.75, 3.05) is 20.3 Å². The van der Waals surface area contributed by atoms with E-state index in [1.165, 1.54) is 11.1 Å². The Morgan fingerprint density at radius 2 is 2.15 bits per heavy atom. The van der Waals surface area contributed by atoms with Gasteiger partial charge in [-0.15, -0.1) is 0 Å². The van der Waals surface area contributed by atoms with Crippen LogP contribution in [0.4, 0.5) is 0 Å². The van der Waals surface area contributed by atoms with Crippen LogP contribution in [0.5, 0.6) is 5.75 Å². The van der Waals surface area contributed by atoms with Crippen molar-refractivity contribution >= 4 is 0 Å². The first kappa shape index (κ1) is 15.3. The molecular weight excluding hydrogens is 254 g/mol. The van der Waals surface area contributed by atoms with Gasteiger partial charge in [0.1, 0.15) is 5.75 Å². The lowest BCUT2D eigenvalue weighted by Crippen LogP contribution is -2.56. The van der Waals surface area contributed by atoms with Crippen molar-refractivity contribution in [2.45, 2.75) is 44.9 Å². The minimum absolute atomic E-state index is 0.0784. The summed E-state index contributed by atoms with van der Waals surface area (Å²) in [5.74, 6) is 0.945. The molecule has 1 aromatic rings. The third-order valence-electron chi connectivity index (χ3n) is 3.92. The molecule has 2 unspecified atom stereocenters. The summed E-state index contributed by atoms with van der Waals surface area (Å²) in [6.07, 6.45) is 1.88. The molecule has 0 bridgehead atoms. The van der Waals surface area contributed by atoms with E-state index >= 15 is 0 Å². The van der Waals surface area contributed by atoms with Gasteiger partial charge in [-0.1, -0.05) is 26.0 Å².